The van der Waals surface area contributed by atoms with Crippen molar-refractivity contribution in [3.8, 4) is 11.1 Å². The molecule has 0 saturated heterocycles. The number of anilines is 4. The van der Waals surface area contributed by atoms with Crippen molar-refractivity contribution < 1.29 is 0 Å². The summed E-state index contributed by atoms with van der Waals surface area (Å²) in [5, 5.41) is 6.43. The average molecular weight is 494 g/mol. The number of hydrazone groups is 1. The Labute approximate surface area is 225 Å². The van der Waals surface area contributed by atoms with Crippen molar-refractivity contribution in [1.29, 1.82) is 0 Å². The van der Waals surface area contributed by atoms with Crippen LogP contribution in [0.2, 0.25) is 0 Å². The topological polar surface area (TPSA) is 18.8 Å². The lowest BCUT2D eigenvalue weighted by atomic mass is 10.0. The number of benzene rings is 5. The zero-order chi connectivity index (χ0) is 26.3. The van der Waals surface area contributed by atoms with E-state index in [0.29, 0.717) is 0 Å². The molecule has 5 aromatic carbocycles. The average Bonchev–Trinajstić information content (AvgIpc) is 2.97. The molecule has 0 bridgehead atoms. The van der Waals surface area contributed by atoms with E-state index >= 15 is 0 Å². The third kappa shape index (κ3) is 5.75. The molecule has 0 aromatic heterocycles. The Morgan fingerprint density at radius 2 is 1.13 bits per heavy atom. The van der Waals surface area contributed by atoms with Gasteiger partial charge in [0.05, 0.1) is 5.69 Å². The lowest BCUT2D eigenvalue weighted by molar-refractivity contribution is 1.03. The molecule has 0 heterocycles. The van der Waals surface area contributed by atoms with Crippen LogP contribution in [0.3, 0.4) is 0 Å². The number of rotatable bonds is 7. The number of hydrogen-bond acceptors (Lipinski definition) is 3. The Hall–Kier alpha value is -4.85. The summed E-state index contributed by atoms with van der Waals surface area (Å²) >= 11 is 0. The quantitative estimate of drug-likeness (QED) is 0.166. The van der Waals surface area contributed by atoms with Crippen LogP contribution >= 0.6 is 0 Å². The van der Waals surface area contributed by atoms with Crippen LogP contribution in [0.5, 0.6) is 0 Å². The minimum atomic E-state index is 0.978. The van der Waals surface area contributed by atoms with Crippen LogP contribution in [0.4, 0.5) is 22.7 Å². The smallest absolute Gasteiger partial charge is 0.0598 e. The fraction of sp³-hybridized carbons (Fsp3) is 0.0857. The molecule has 0 amide bonds. The molecule has 0 fully saturated rings. The third-order valence-electron chi connectivity index (χ3n) is 6.55. The molecule has 3 heteroatoms. The van der Waals surface area contributed by atoms with Gasteiger partial charge in [0.2, 0.25) is 0 Å². The minimum absolute atomic E-state index is 0.978. The summed E-state index contributed by atoms with van der Waals surface area (Å²) in [5.74, 6) is 3.22. The summed E-state index contributed by atoms with van der Waals surface area (Å²) in [5.41, 5.74) is 10.1. The summed E-state index contributed by atoms with van der Waals surface area (Å²) in [7, 11) is 1.95. The van der Waals surface area contributed by atoms with E-state index in [4.69, 9.17) is 0 Å². The second-order valence-corrected chi connectivity index (χ2v) is 9.33. The molecular weight excluding hydrogens is 462 g/mol. The van der Waals surface area contributed by atoms with E-state index in [9.17, 15) is 0 Å². The second kappa shape index (κ2) is 11.5. The van der Waals surface area contributed by atoms with Gasteiger partial charge in [-0.15, -0.1) is 5.10 Å². The van der Waals surface area contributed by atoms with Gasteiger partial charge in [-0.25, -0.2) is 0 Å². The summed E-state index contributed by atoms with van der Waals surface area (Å²) < 4.78 is 0. The lowest BCUT2D eigenvalue weighted by Crippen LogP contribution is -2.09. The highest BCUT2D eigenvalue weighted by molar-refractivity contribution is 5.89. The van der Waals surface area contributed by atoms with Crippen LogP contribution in [0.1, 0.15) is 18.1 Å². The highest BCUT2D eigenvalue weighted by Gasteiger charge is 2.11. The van der Waals surface area contributed by atoms with Crippen LogP contribution < -0.4 is 9.91 Å². The van der Waals surface area contributed by atoms with Gasteiger partial charge >= 0.3 is 0 Å². The summed E-state index contributed by atoms with van der Waals surface area (Å²) in [6.45, 7) is 4.16. The van der Waals surface area contributed by atoms with Crippen molar-refractivity contribution in [1.82, 2.24) is 0 Å². The van der Waals surface area contributed by atoms with Gasteiger partial charge in [0.25, 0.3) is 0 Å². The predicted octanol–water partition coefficient (Wildman–Crippen LogP) is 9.26. The molecule has 0 aliphatic heterocycles. The van der Waals surface area contributed by atoms with Gasteiger partial charge in [0.15, 0.2) is 0 Å². The van der Waals surface area contributed by atoms with Gasteiger partial charge in [-0.05, 0) is 79.1 Å². The molecule has 38 heavy (non-hydrogen) atoms. The van der Waals surface area contributed by atoms with Crippen LogP contribution in [-0.4, -0.2) is 12.9 Å². The maximum atomic E-state index is 4.58. The van der Waals surface area contributed by atoms with Crippen LogP contribution in [0.15, 0.2) is 139 Å². The molecule has 0 spiro atoms. The van der Waals surface area contributed by atoms with Crippen molar-refractivity contribution in [3.05, 3.63) is 145 Å². The molecule has 0 unspecified atom stereocenters. The van der Waals surface area contributed by atoms with E-state index in [0.717, 1.165) is 33.9 Å². The maximum Gasteiger partial charge on any atom is 0.0598 e. The van der Waals surface area contributed by atoms with Crippen molar-refractivity contribution in [3.63, 3.8) is 0 Å². The molecule has 0 aliphatic rings. The second-order valence-electron chi connectivity index (χ2n) is 9.33. The molecule has 0 N–H and O–H groups in total. The lowest BCUT2D eigenvalue weighted by Gasteiger charge is -2.25. The van der Waals surface area contributed by atoms with Gasteiger partial charge in [-0.3, -0.25) is 5.01 Å². The van der Waals surface area contributed by atoms with Gasteiger partial charge in [0.1, 0.15) is 0 Å². The Morgan fingerprint density at radius 3 is 1.71 bits per heavy atom. The Morgan fingerprint density at radius 1 is 0.579 bits per heavy atom. The van der Waals surface area contributed by atoms with Crippen LogP contribution in [0, 0.1) is 6.92 Å². The van der Waals surface area contributed by atoms with E-state index in [1.165, 1.54) is 16.7 Å². The highest BCUT2D eigenvalue weighted by atomic mass is 15.4. The Kier molecular flexibility index (Phi) is 7.49. The fourth-order valence-corrected chi connectivity index (χ4v) is 4.43. The zero-order valence-corrected chi connectivity index (χ0v) is 22.0. The molecular formula is C35H31N3. The van der Waals surface area contributed by atoms with E-state index in [1.807, 2.05) is 31.1 Å². The first-order chi connectivity index (χ1) is 18.6. The first kappa shape index (κ1) is 24.8. The van der Waals surface area contributed by atoms with E-state index in [1.54, 1.807) is 0 Å². The standard InChI is InChI=1S/C35H31N3/c1-27-11-10-12-31(25-27)30-19-21-32(22-20-30)37(3)36-26-28(2)29-17-23-35(24-18-29)38(33-13-6-4-7-14-33)34-15-8-5-9-16-34/h4-25H,1-3H3. The third-order valence-corrected chi connectivity index (χ3v) is 6.55. The van der Waals surface area contributed by atoms with Crippen molar-refractivity contribution >= 4 is 34.2 Å². The monoisotopic (exact) mass is 493 g/mol. The number of aryl methyl sites for hydroxylation is 1. The Bertz CT molecular complexity index is 1510. The summed E-state index contributed by atoms with van der Waals surface area (Å²) in [6, 6.07) is 46.4. The van der Waals surface area contributed by atoms with Gasteiger partial charge in [0, 0.05) is 35.6 Å². The summed E-state index contributed by atoms with van der Waals surface area (Å²) in [6.07, 6.45) is 0. The fourth-order valence-electron chi connectivity index (χ4n) is 4.43. The molecule has 186 valence electrons. The van der Waals surface area contributed by atoms with E-state index in [-0.39, 0.29) is 0 Å². The number of nitrogens with zero attached hydrogens (tertiary/aromatic N) is 3. The molecule has 3 nitrogen and oxygen atoms in total. The normalized spacial score (nSPS) is 10.4. The number of para-hydroxylation sites is 2. The predicted molar refractivity (Wildman–Crippen MR) is 163 cm³/mol. The van der Waals surface area contributed by atoms with E-state index in [2.05, 4.69) is 144 Å². The van der Waals surface area contributed by atoms with Crippen molar-refractivity contribution in [2.75, 3.05) is 17.0 Å². The first-order valence-electron chi connectivity index (χ1n) is 12.8. The highest BCUT2D eigenvalue weighted by Crippen LogP contribution is 2.34. The first-order valence-corrected chi connectivity index (χ1v) is 12.8. The molecule has 0 aliphatic carbocycles. The van der Waals surface area contributed by atoms with E-state index < -0.39 is 0 Å². The number of allylic oxidation sites excluding steroid dienone is 1. The molecule has 5 aromatic rings. The summed E-state index contributed by atoms with van der Waals surface area (Å²) in [4.78, 5) is 2.26. The van der Waals surface area contributed by atoms with Crippen molar-refractivity contribution in [2.24, 2.45) is 5.10 Å². The Balaban J connectivity index is 1.35. The molecule has 0 atom stereocenters. The molecule has 0 radical (unpaired) electrons. The SMILES string of the molecule is CC(=C=NN(C)c1ccc(-c2cccc(C)c2)cc1)c1ccc(N(c2ccccc2)c2ccccc2)cc1. The number of hydrogen-bond donors (Lipinski definition) is 0. The minimum Gasteiger partial charge on any atom is -0.311 e. The van der Waals surface area contributed by atoms with Gasteiger partial charge in [-0.1, -0.05) is 90.5 Å². The van der Waals surface area contributed by atoms with Crippen molar-refractivity contribution in [2.45, 2.75) is 13.8 Å². The van der Waals surface area contributed by atoms with Gasteiger partial charge in [-0.2, -0.15) is 0 Å². The largest absolute Gasteiger partial charge is 0.311 e. The van der Waals surface area contributed by atoms with Crippen LogP contribution in [0.25, 0.3) is 16.7 Å². The van der Waals surface area contributed by atoms with Gasteiger partial charge < -0.3 is 4.90 Å². The molecule has 0 saturated carbocycles. The zero-order valence-electron chi connectivity index (χ0n) is 22.0. The molecule has 5 rings (SSSR count). The maximum absolute atomic E-state index is 4.58. The van der Waals surface area contributed by atoms with Crippen LogP contribution in [-0.2, 0) is 0 Å².